The fourth-order valence-corrected chi connectivity index (χ4v) is 3.65. The maximum atomic E-state index is 12.0. The highest BCUT2D eigenvalue weighted by Crippen LogP contribution is 2.25. The van der Waals surface area contributed by atoms with E-state index in [1.807, 2.05) is 0 Å². The van der Waals surface area contributed by atoms with Crippen molar-refractivity contribution in [2.24, 2.45) is 0 Å². The SMILES string of the molecule is CC(C#N)S(=O)(=O)N1CCN2C(=O)CCC2C1. The van der Waals surface area contributed by atoms with Crippen LogP contribution in [0.4, 0.5) is 0 Å². The first-order chi connectivity index (χ1) is 7.96. The van der Waals surface area contributed by atoms with Gasteiger partial charge in [-0.1, -0.05) is 0 Å². The van der Waals surface area contributed by atoms with Crippen molar-refractivity contribution in [3.63, 3.8) is 0 Å². The van der Waals surface area contributed by atoms with Gasteiger partial charge >= 0.3 is 0 Å². The van der Waals surface area contributed by atoms with Crippen molar-refractivity contribution in [2.75, 3.05) is 19.6 Å². The summed E-state index contributed by atoms with van der Waals surface area (Å²) in [7, 11) is -3.53. The van der Waals surface area contributed by atoms with E-state index >= 15 is 0 Å². The lowest BCUT2D eigenvalue weighted by Crippen LogP contribution is -2.54. The minimum atomic E-state index is -3.53. The molecule has 2 aliphatic heterocycles. The van der Waals surface area contributed by atoms with Gasteiger partial charge in [0, 0.05) is 32.1 Å². The molecule has 0 aliphatic carbocycles. The summed E-state index contributed by atoms with van der Waals surface area (Å²) >= 11 is 0. The third-order valence-corrected chi connectivity index (χ3v) is 5.50. The summed E-state index contributed by atoms with van der Waals surface area (Å²) in [5.74, 6) is 0.111. The van der Waals surface area contributed by atoms with Crippen molar-refractivity contribution in [1.82, 2.24) is 9.21 Å². The lowest BCUT2D eigenvalue weighted by molar-refractivity contribution is -0.130. The van der Waals surface area contributed by atoms with Gasteiger partial charge in [0.15, 0.2) is 5.25 Å². The van der Waals surface area contributed by atoms with Crippen LogP contribution >= 0.6 is 0 Å². The number of amides is 1. The average Bonchev–Trinajstić information content (AvgIpc) is 2.69. The number of rotatable bonds is 2. The van der Waals surface area contributed by atoms with Gasteiger partial charge in [-0.2, -0.15) is 9.57 Å². The predicted octanol–water partition coefficient (Wildman–Crippen LogP) is -0.465. The summed E-state index contributed by atoms with van der Waals surface area (Å²) in [6.45, 7) is 2.47. The molecule has 94 valence electrons. The number of carbonyl (C=O) groups is 1. The normalized spacial score (nSPS) is 27.6. The van der Waals surface area contributed by atoms with Crippen LogP contribution in [0, 0.1) is 11.3 Å². The van der Waals surface area contributed by atoms with Crippen LogP contribution in [0.3, 0.4) is 0 Å². The number of sulfonamides is 1. The smallest absolute Gasteiger partial charge is 0.230 e. The number of carbonyl (C=O) groups excluding carboxylic acids is 1. The van der Waals surface area contributed by atoms with Gasteiger partial charge in [-0.25, -0.2) is 8.42 Å². The van der Waals surface area contributed by atoms with Gasteiger partial charge in [-0.15, -0.1) is 0 Å². The summed E-state index contributed by atoms with van der Waals surface area (Å²) < 4.78 is 25.3. The predicted molar refractivity (Wildman–Crippen MR) is 60.3 cm³/mol. The highest BCUT2D eigenvalue weighted by Gasteiger charge is 2.40. The Bertz CT molecular complexity index is 468. The van der Waals surface area contributed by atoms with Crippen molar-refractivity contribution in [2.45, 2.75) is 31.1 Å². The lowest BCUT2D eigenvalue weighted by Gasteiger charge is -2.37. The van der Waals surface area contributed by atoms with Gasteiger partial charge in [0.05, 0.1) is 6.07 Å². The van der Waals surface area contributed by atoms with E-state index in [2.05, 4.69) is 0 Å². The molecule has 0 aromatic rings. The topological polar surface area (TPSA) is 81.5 Å². The Kier molecular flexibility index (Phi) is 3.10. The summed E-state index contributed by atoms with van der Waals surface area (Å²) in [4.78, 5) is 13.2. The van der Waals surface area contributed by atoms with E-state index in [4.69, 9.17) is 5.26 Å². The van der Waals surface area contributed by atoms with Crippen molar-refractivity contribution >= 4 is 15.9 Å². The van der Waals surface area contributed by atoms with Crippen molar-refractivity contribution in [3.8, 4) is 6.07 Å². The van der Waals surface area contributed by atoms with Gasteiger partial charge in [0.2, 0.25) is 15.9 Å². The van der Waals surface area contributed by atoms with Crippen LogP contribution in [0.15, 0.2) is 0 Å². The molecule has 0 bridgehead atoms. The molecule has 7 heteroatoms. The Hall–Kier alpha value is -1.13. The molecular formula is C10H15N3O3S. The molecule has 0 saturated carbocycles. The molecule has 6 nitrogen and oxygen atoms in total. The van der Waals surface area contributed by atoms with Crippen LogP contribution in [0.2, 0.25) is 0 Å². The Balaban J connectivity index is 2.12. The number of hydrogen-bond donors (Lipinski definition) is 0. The second kappa shape index (κ2) is 4.27. The lowest BCUT2D eigenvalue weighted by atomic mass is 10.2. The number of nitrogens with zero attached hydrogens (tertiary/aromatic N) is 3. The molecule has 1 amide bonds. The summed E-state index contributed by atoms with van der Waals surface area (Å²) in [6.07, 6.45) is 1.22. The number of hydrogen-bond acceptors (Lipinski definition) is 4. The molecule has 0 N–H and O–H groups in total. The highest BCUT2D eigenvalue weighted by molar-refractivity contribution is 7.89. The van der Waals surface area contributed by atoms with Crippen LogP contribution < -0.4 is 0 Å². The maximum Gasteiger partial charge on any atom is 0.230 e. The second-order valence-corrected chi connectivity index (χ2v) is 6.71. The van der Waals surface area contributed by atoms with E-state index in [1.54, 1.807) is 11.0 Å². The van der Waals surface area contributed by atoms with Crippen molar-refractivity contribution in [3.05, 3.63) is 0 Å². The zero-order chi connectivity index (χ0) is 12.6. The molecule has 2 saturated heterocycles. The first-order valence-electron chi connectivity index (χ1n) is 5.65. The molecular weight excluding hydrogens is 242 g/mol. The third-order valence-electron chi connectivity index (χ3n) is 3.45. The molecule has 2 fully saturated rings. The average molecular weight is 257 g/mol. The Morgan fingerprint density at radius 3 is 2.82 bits per heavy atom. The number of fused-ring (bicyclic) bond motifs is 1. The summed E-state index contributed by atoms with van der Waals surface area (Å²) in [5, 5.41) is 7.69. The van der Waals surface area contributed by atoms with Crippen molar-refractivity contribution in [1.29, 1.82) is 5.26 Å². The number of piperazine rings is 1. The first-order valence-corrected chi connectivity index (χ1v) is 7.15. The first kappa shape index (κ1) is 12.3. The van der Waals surface area contributed by atoms with E-state index in [0.29, 0.717) is 32.5 Å². The standard InChI is InChI=1S/C10H15N3O3S/c1-8(6-11)17(15,16)12-4-5-13-9(7-12)2-3-10(13)14/h8-9H,2-5,7H2,1H3. The molecule has 0 spiro atoms. The highest BCUT2D eigenvalue weighted by atomic mass is 32.2. The molecule has 2 unspecified atom stereocenters. The monoisotopic (exact) mass is 257 g/mol. The fraction of sp³-hybridized carbons (Fsp3) is 0.800. The van der Waals surface area contributed by atoms with E-state index in [0.717, 1.165) is 0 Å². The molecule has 2 atom stereocenters. The molecule has 0 radical (unpaired) electrons. The van der Waals surface area contributed by atoms with Crippen LogP contribution in [-0.2, 0) is 14.8 Å². The molecule has 0 aromatic carbocycles. The zero-order valence-electron chi connectivity index (χ0n) is 9.66. The maximum absolute atomic E-state index is 12.0. The molecule has 2 aliphatic rings. The van der Waals surface area contributed by atoms with Gasteiger partial charge in [-0.05, 0) is 13.3 Å². The van der Waals surface area contributed by atoms with Crippen LogP contribution in [0.1, 0.15) is 19.8 Å². The Labute approximate surface area is 101 Å². The van der Waals surface area contributed by atoms with Crippen LogP contribution in [-0.4, -0.2) is 54.5 Å². The molecule has 2 rings (SSSR count). The van der Waals surface area contributed by atoms with Crippen molar-refractivity contribution < 1.29 is 13.2 Å². The summed E-state index contributed by atoms with van der Waals surface area (Å²) in [5.41, 5.74) is 0. The van der Waals surface area contributed by atoms with Gasteiger partial charge < -0.3 is 4.90 Å². The van der Waals surface area contributed by atoms with E-state index in [-0.39, 0.29) is 11.9 Å². The van der Waals surface area contributed by atoms with E-state index in [9.17, 15) is 13.2 Å². The minimum absolute atomic E-state index is 0.00285. The molecule has 0 aromatic heterocycles. The zero-order valence-corrected chi connectivity index (χ0v) is 10.5. The van der Waals surface area contributed by atoms with Crippen LogP contribution in [0.5, 0.6) is 0 Å². The fourth-order valence-electron chi connectivity index (χ4n) is 2.36. The molecule has 2 heterocycles. The largest absolute Gasteiger partial charge is 0.337 e. The van der Waals surface area contributed by atoms with Gasteiger partial charge in [-0.3, -0.25) is 4.79 Å². The summed E-state index contributed by atoms with van der Waals surface area (Å²) in [6, 6.07) is 1.76. The number of nitriles is 1. The Morgan fingerprint density at radius 2 is 2.18 bits per heavy atom. The quantitative estimate of drug-likeness (QED) is 0.670. The second-order valence-electron chi connectivity index (χ2n) is 4.45. The Morgan fingerprint density at radius 1 is 1.47 bits per heavy atom. The third kappa shape index (κ3) is 2.03. The van der Waals surface area contributed by atoms with Crippen LogP contribution in [0.25, 0.3) is 0 Å². The van der Waals surface area contributed by atoms with Gasteiger partial charge in [0.1, 0.15) is 0 Å². The van der Waals surface area contributed by atoms with E-state index in [1.165, 1.54) is 11.2 Å². The molecule has 17 heavy (non-hydrogen) atoms. The minimum Gasteiger partial charge on any atom is -0.337 e. The van der Waals surface area contributed by atoms with E-state index < -0.39 is 15.3 Å². The van der Waals surface area contributed by atoms with Gasteiger partial charge in [0.25, 0.3) is 0 Å².